The van der Waals surface area contributed by atoms with Gasteiger partial charge in [0.1, 0.15) is 24.6 Å². The molecule has 0 aliphatic carbocycles. The standard InChI is InChI=1S/C10H12N4O5.3K.H3O4P/c15-1-4-6(16)7(17)10(19-4)14-3-13-5-8(14)11-2-12-9(5)18;;;;1-5(2,3)4/h2-4,6-7,10,15-17H,1H2,(H,11,12,18);;;;(H3,1,2,3,4)/q;3*+1;/p-3/t4-,6-,7-,10-;;;;/m1..../s1. The third-order valence-electron chi connectivity index (χ3n) is 3.13. The van der Waals surface area contributed by atoms with E-state index in [2.05, 4.69) is 15.0 Å². The van der Waals surface area contributed by atoms with Gasteiger partial charge in [0.25, 0.3) is 0 Å². The van der Waals surface area contributed by atoms with Gasteiger partial charge in [-0.25, -0.2) is 9.97 Å². The van der Waals surface area contributed by atoms with E-state index < -0.39 is 39.0 Å². The molecular formula is C10H12K3N4O9P. The van der Waals surface area contributed by atoms with Crippen molar-refractivity contribution < 1.29 is 199 Å². The minimum atomic E-state index is -5.39. The second-order valence-corrected chi connectivity index (χ2v) is 5.59. The number of hydrogen-bond donors (Lipinski definition) is 4. The fraction of sp³-hybridized carbons (Fsp3) is 0.500. The molecule has 1 aliphatic rings. The van der Waals surface area contributed by atoms with E-state index in [0.717, 1.165) is 6.33 Å². The SMILES string of the molecule is O=P([O-])([O-])[O-].OC[C@H]1O[C@@H](n2cnc3c(O)ncnc32)[C@H](O)[C@@H]1O.[K+].[K+].[K+]. The Morgan fingerprint density at radius 2 is 1.67 bits per heavy atom. The number of nitrogens with zero attached hydrogens (tertiary/aromatic N) is 4. The maximum absolute atomic E-state index is 9.92. The van der Waals surface area contributed by atoms with Gasteiger partial charge in [-0.2, -0.15) is 12.8 Å². The molecule has 4 atom stereocenters. The van der Waals surface area contributed by atoms with Gasteiger partial charge >= 0.3 is 154 Å². The molecule has 0 aromatic carbocycles. The van der Waals surface area contributed by atoms with Crippen LogP contribution >= 0.6 is 7.82 Å². The first-order valence-electron chi connectivity index (χ1n) is 6.35. The summed E-state index contributed by atoms with van der Waals surface area (Å²) in [5.74, 6) is -0.282. The van der Waals surface area contributed by atoms with Gasteiger partial charge in [-0.1, -0.05) is 0 Å². The molecule has 2 aromatic heterocycles. The van der Waals surface area contributed by atoms with Crippen molar-refractivity contribution in [2.45, 2.75) is 24.5 Å². The summed E-state index contributed by atoms with van der Waals surface area (Å²) >= 11 is 0. The van der Waals surface area contributed by atoms with Crippen LogP contribution in [0.5, 0.6) is 5.88 Å². The Hall–Kier alpha value is 3.21. The number of aromatic nitrogens is 4. The molecular weight excluding hydrogens is 468 g/mol. The van der Waals surface area contributed by atoms with Gasteiger partial charge in [-0.3, -0.25) is 4.57 Å². The molecule has 3 rings (SSSR count). The normalized spacial score (nSPS) is 24.1. The fourth-order valence-electron chi connectivity index (χ4n) is 2.14. The summed E-state index contributed by atoms with van der Waals surface area (Å²) in [4.78, 5) is 37.1. The minimum Gasteiger partial charge on any atom is -0.822 e. The van der Waals surface area contributed by atoms with Crippen molar-refractivity contribution in [3.05, 3.63) is 12.7 Å². The molecule has 0 saturated carbocycles. The molecule has 0 amide bonds. The molecule has 134 valence electrons. The summed E-state index contributed by atoms with van der Waals surface area (Å²) in [6.45, 7) is -0.415. The summed E-state index contributed by atoms with van der Waals surface area (Å²) < 4.78 is 15.3. The van der Waals surface area contributed by atoms with Crippen molar-refractivity contribution in [2.24, 2.45) is 0 Å². The first-order chi connectivity index (χ1) is 11.1. The maximum atomic E-state index is 9.92. The van der Waals surface area contributed by atoms with Crippen molar-refractivity contribution in [1.29, 1.82) is 0 Å². The van der Waals surface area contributed by atoms with Crippen molar-refractivity contribution in [3.8, 4) is 5.88 Å². The molecule has 27 heavy (non-hydrogen) atoms. The number of aromatic hydroxyl groups is 1. The number of ether oxygens (including phenoxy) is 1. The number of hydrogen-bond acceptors (Lipinski definition) is 12. The first-order valence-corrected chi connectivity index (χ1v) is 7.81. The smallest absolute Gasteiger partial charge is 0.822 e. The number of aliphatic hydroxyl groups excluding tert-OH is 3. The van der Waals surface area contributed by atoms with Crippen LogP contribution in [0, 0.1) is 0 Å². The Bertz CT molecular complexity index is 754. The molecule has 0 unspecified atom stereocenters. The van der Waals surface area contributed by atoms with Crippen LogP contribution < -0.4 is 169 Å². The first kappa shape index (κ1) is 32.4. The number of rotatable bonds is 2. The molecule has 0 spiro atoms. The Morgan fingerprint density at radius 3 is 2.15 bits per heavy atom. The van der Waals surface area contributed by atoms with Crippen LogP contribution in [-0.4, -0.2) is 64.9 Å². The zero-order valence-corrected chi connectivity index (χ0v) is 25.0. The van der Waals surface area contributed by atoms with Crippen molar-refractivity contribution in [3.63, 3.8) is 0 Å². The van der Waals surface area contributed by atoms with E-state index in [9.17, 15) is 15.3 Å². The van der Waals surface area contributed by atoms with Gasteiger partial charge < -0.3 is 44.4 Å². The van der Waals surface area contributed by atoms with E-state index in [1.165, 1.54) is 10.9 Å². The summed E-state index contributed by atoms with van der Waals surface area (Å²) in [6.07, 6.45) is -1.79. The molecule has 3 heterocycles. The van der Waals surface area contributed by atoms with Crippen LogP contribution in [-0.2, 0) is 9.30 Å². The van der Waals surface area contributed by atoms with E-state index in [0.29, 0.717) is 0 Å². The molecule has 4 N–H and O–H groups in total. The molecule has 1 aliphatic heterocycles. The molecule has 2 aromatic rings. The molecule has 13 nitrogen and oxygen atoms in total. The monoisotopic (exact) mass is 480 g/mol. The average Bonchev–Trinajstić information content (AvgIpc) is 3.01. The van der Waals surface area contributed by atoms with Crippen molar-refractivity contribution in [1.82, 2.24) is 19.5 Å². The van der Waals surface area contributed by atoms with E-state index in [-0.39, 0.29) is 171 Å². The van der Waals surface area contributed by atoms with Gasteiger partial charge in [0.15, 0.2) is 17.4 Å². The maximum Gasteiger partial charge on any atom is 1.00 e. The summed E-state index contributed by atoms with van der Waals surface area (Å²) in [7, 11) is -5.39. The van der Waals surface area contributed by atoms with Gasteiger partial charge in [0, 0.05) is 0 Å². The van der Waals surface area contributed by atoms with Gasteiger partial charge in [0.05, 0.1) is 12.9 Å². The Kier molecular flexibility index (Phi) is 17.2. The molecule has 0 bridgehead atoms. The predicted molar refractivity (Wildman–Crippen MR) is 67.6 cm³/mol. The number of fused-ring (bicyclic) bond motifs is 1. The third kappa shape index (κ3) is 9.30. The Morgan fingerprint density at radius 1 is 1.11 bits per heavy atom. The second-order valence-electron chi connectivity index (χ2n) is 4.70. The van der Waals surface area contributed by atoms with Gasteiger partial charge in [-0.15, -0.1) is 0 Å². The van der Waals surface area contributed by atoms with Crippen LogP contribution in [0.4, 0.5) is 0 Å². The summed E-state index contributed by atoms with van der Waals surface area (Å²) in [5, 5.41) is 38.2. The summed E-state index contributed by atoms with van der Waals surface area (Å²) in [6, 6.07) is 0. The third-order valence-corrected chi connectivity index (χ3v) is 3.13. The van der Waals surface area contributed by atoms with Crippen LogP contribution in [0.25, 0.3) is 11.2 Å². The van der Waals surface area contributed by atoms with E-state index in [4.69, 9.17) is 29.1 Å². The molecule has 17 heteroatoms. The zero-order chi connectivity index (χ0) is 18.1. The molecule has 0 radical (unpaired) electrons. The zero-order valence-electron chi connectivity index (χ0n) is 14.7. The van der Waals surface area contributed by atoms with E-state index in [1.807, 2.05) is 0 Å². The Labute approximate surface area is 280 Å². The molecule has 1 saturated heterocycles. The quantitative estimate of drug-likeness (QED) is 0.232. The van der Waals surface area contributed by atoms with Gasteiger partial charge in [0.2, 0.25) is 5.88 Å². The minimum absolute atomic E-state index is 0. The van der Waals surface area contributed by atoms with Crippen molar-refractivity contribution >= 4 is 19.0 Å². The second kappa shape index (κ2) is 14.4. The van der Waals surface area contributed by atoms with Crippen molar-refractivity contribution in [2.75, 3.05) is 6.61 Å². The van der Waals surface area contributed by atoms with Crippen LogP contribution in [0.15, 0.2) is 12.7 Å². The average molecular weight is 480 g/mol. The van der Waals surface area contributed by atoms with Crippen LogP contribution in [0.2, 0.25) is 0 Å². The summed E-state index contributed by atoms with van der Waals surface area (Å²) in [5.41, 5.74) is 0.433. The molecule has 1 fully saturated rings. The van der Waals surface area contributed by atoms with E-state index >= 15 is 0 Å². The predicted octanol–water partition coefficient (Wildman–Crippen LogP) is -13.7. The van der Waals surface area contributed by atoms with Crippen LogP contribution in [0.1, 0.15) is 6.23 Å². The largest absolute Gasteiger partial charge is 1.00 e. The van der Waals surface area contributed by atoms with Gasteiger partial charge in [-0.05, 0) is 0 Å². The Balaban J connectivity index is 0. The number of phosphoric acid groups is 1. The van der Waals surface area contributed by atoms with E-state index in [1.54, 1.807) is 0 Å². The van der Waals surface area contributed by atoms with Crippen LogP contribution in [0.3, 0.4) is 0 Å². The fourth-order valence-corrected chi connectivity index (χ4v) is 2.14. The topological polar surface area (TPSA) is 220 Å². The number of imidazole rings is 1. The number of aliphatic hydroxyl groups is 3.